The quantitative estimate of drug-likeness (QED) is 0.377. The van der Waals surface area contributed by atoms with Crippen LogP contribution in [0.15, 0.2) is 10.9 Å². The Morgan fingerprint density at radius 3 is 2.63 bits per heavy atom. The molecule has 3 aromatic heterocycles. The smallest absolute Gasteiger partial charge is 0.419 e. The Hall–Kier alpha value is -3.47. The van der Waals surface area contributed by atoms with Gasteiger partial charge in [0.25, 0.3) is 5.91 Å². The fraction of sp³-hybridized carbons (Fsp3) is 0.581. The zero-order valence-corrected chi connectivity index (χ0v) is 28.6. The van der Waals surface area contributed by atoms with Gasteiger partial charge in [0.1, 0.15) is 18.1 Å². The Kier molecular flexibility index (Phi) is 10.1. The van der Waals surface area contributed by atoms with Gasteiger partial charge in [-0.3, -0.25) is 19.2 Å². The summed E-state index contributed by atoms with van der Waals surface area (Å²) in [6.07, 6.45) is -2.65. The molecule has 7 rings (SSSR count). The molecule has 18 heteroatoms. The molecule has 12 nitrogen and oxygen atoms in total. The zero-order chi connectivity index (χ0) is 35.2. The molecule has 2 saturated heterocycles. The van der Waals surface area contributed by atoms with Crippen molar-refractivity contribution in [1.82, 2.24) is 34.5 Å². The third-order valence-corrected chi connectivity index (χ3v) is 9.87. The second kappa shape index (κ2) is 14.0. The lowest BCUT2D eigenvalue weighted by Crippen LogP contribution is -2.30. The predicted octanol–water partition coefficient (Wildman–Crippen LogP) is 4.81. The molecule has 3 atom stereocenters. The van der Waals surface area contributed by atoms with Crippen molar-refractivity contribution in [2.24, 2.45) is 0 Å². The van der Waals surface area contributed by atoms with Gasteiger partial charge in [-0.05, 0) is 32.2 Å². The van der Waals surface area contributed by atoms with Crippen LogP contribution >= 0.6 is 23.2 Å². The van der Waals surface area contributed by atoms with E-state index in [1.807, 2.05) is 4.90 Å². The van der Waals surface area contributed by atoms with E-state index in [0.29, 0.717) is 60.9 Å². The molecule has 266 valence electrons. The average molecular weight is 732 g/mol. The lowest BCUT2D eigenvalue weighted by atomic mass is 9.99. The van der Waals surface area contributed by atoms with Crippen LogP contribution in [-0.4, -0.2) is 93.5 Å². The minimum atomic E-state index is -4.82. The van der Waals surface area contributed by atoms with Gasteiger partial charge >= 0.3 is 12.2 Å². The molecule has 1 amide bonds. The summed E-state index contributed by atoms with van der Waals surface area (Å²) in [4.78, 5) is 41.4. The number of halogens is 6. The SMILES string of the molecule is COc1nc2c(c(N3CCCn4nc(C(=O)N(C)C)c(Cl)c4C3)n1)COC(c1[nH]c(=O)cc(Cl)c1C(F)(F)F)C2.FC1CC2CCCN2C1. The van der Waals surface area contributed by atoms with Gasteiger partial charge in [0.2, 0.25) is 5.56 Å². The second-order valence-electron chi connectivity index (χ2n) is 12.7. The van der Waals surface area contributed by atoms with Gasteiger partial charge < -0.3 is 24.3 Å². The maximum atomic E-state index is 13.8. The number of carbonyl (C=O) groups is 1. The van der Waals surface area contributed by atoms with Gasteiger partial charge in [-0.2, -0.15) is 28.2 Å². The monoisotopic (exact) mass is 730 g/mol. The summed E-state index contributed by atoms with van der Waals surface area (Å²) in [6.45, 7) is 3.02. The van der Waals surface area contributed by atoms with Crippen molar-refractivity contribution in [2.75, 3.05) is 45.7 Å². The number of alkyl halides is 4. The summed E-state index contributed by atoms with van der Waals surface area (Å²) in [6, 6.07) is 1.30. The average Bonchev–Trinajstić information content (AvgIpc) is 3.66. The summed E-state index contributed by atoms with van der Waals surface area (Å²) in [7, 11) is 4.60. The molecule has 0 aromatic carbocycles. The molecule has 0 saturated carbocycles. The lowest BCUT2D eigenvalue weighted by molar-refractivity contribution is -0.140. The number of methoxy groups -OCH3 is 1. The van der Waals surface area contributed by atoms with Crippen LogP contribution in [0.2, 0.25) is 10.0 Å². The number of rotatable bonds is 4. The standard InChI is InChI=1S/C24H24Cl2F3N7O4.C7H12FN/c1-34(2)22(38)20-18(26)14-9-35(5-4-6-36(14)33-20)21-11-10-40-15(8-13(11)30-23(32-21)39-3)19-17(24(27,28)29)12(25)7-16(37)31-19;8-6-4-7-2-1-3-9(7)5-6/h7,15H,4-6,8-10H2,1-3H3,(H,31,37);6-7H,1-5H2. The maximum absolute atomic E-state index is 13.8. The van der Waals surface area contributed by atoms with Crippen LogP contribution in [0.4, 0.5) is 23.4 Å². The van der Waals surface area contributed by atoms with Gasteiger partial charge in [0.15, 0.2) is 5.69 Å². The first-order valence-electron chi connectivity index (χ1n) is 15.9. The van der Waals surface area contributed by atoms with Crippen LogP contribution in [0, 0.1) is 0 Å². The van der Waals surface area contributed by atoms with Crippen molar-refractivity contribution >= 4 is 34.9 Å². The normalized spacial score (nSPS) is 22.1. The number of nitrogens with zero attached hydrogens (tertiary/aromatic N) is 7. The molecule has 1 N–H and O–H groups in total. The number of aromatic nitrogens is 5. The summed E-state index contributed by atoms with van der Waals surface area (Å²) in [5.41, 5.74) is -0.693. The van der Waals surface area contributed by atoms with Crippen LogP contribution in [0.3, 0.4) is 0 Å². The van der Waals surface area contributed by atoms with E-state index in [1.165, 1.54) is 24.9 Å². The Balaban J connectivity index is 0.000000396. The molecular formula is C31H36Cl2F4N8O4. The molecule has 4 aliphatic heterocycles. The Labute approximate surface area is 289 Å². The Bertz CT molecular complexity index is 1770. The van der Waals surface area contributed by atoms with E-state index in [4.69, 9.17) is 32.7 Å². The van der Waals surface area contributed by atoms with Crippen molar-refractivity contribution in [3.05, 3.63) is 60.4 Å². The van der Waals surface area contributed by atoms with Gasteiger partial charge in [-0.15, -0.1) is 0 Å². The van der Waals surface area contributed by atoms with Crippen molar-refractivity contribution in [1.29, 1.82) is 0 Å². The summed E-state index contributed by atoms with van der Waals surface area (Å²) in [5.74, 6) is 0.136. The van der Waals surface area contributed by atoms with E-state index in [-0.39, 0.29) is 42.2 Å². The summed E-state index contributed by atoms with van der Waals surface area (Å²) in [5, 5.41) is 3.94. The first-order chi connectivity index (χ1) is 23.2. The third kappa shape index (κ3) is 7.23. The van der Waals surface area contributed by atoms with Crippen molar-refractivity contribution in [3.8, 4) is 6.01 Å². The number of anilines is 1. The number of hydrogen-bond donors (Lipinski definition) is 1. The highest BCUT2D eigenvalue weighted by Crippen LogP contribution is 2.42. The zero-order valence-electron chi connectivity index (χ0n) is 27.1. The van der Waals surface area contributed by atoms with Crippen LogP contribution < -0.4 is 15.2 Å². The van der Waals surface area contributed by atoms with Gasteiger partial charge in [0, 0.05) is 57.8 Å². The minimum Gasteiger partial charge on any atom is -0.467 e. The number of aromatic amines is 1. The number of hydrogen-bond acceptors (Lipinski definition) is 9. The number of nitrogens with one attached hydrogen (secondary N) is 1. The molecule has 0 radical (unpaired) electrons. The number of pyridine rings is 1. The van der Waals surface area contributed by atoms with E-state index in [2.05, 4.69) is 25.0 Å². The van der Waals surface area contributed by atoms with E-state index >= 15 is 0 Å². The van der Waals surface area contributed by atoms with E-state index in [1.54, 1.807) is 18.8 Å². The number of ether oxygens (including phenoxy) is 2. The van der Waals surface area contributed by atoms with Crippen LogP contribution in [0.5, 0.6) is 6.01 Å². The summed E-state index contributed by atoms with van der Waals surface area (Å²) >= 11 is 12.4. The topological polar surface area (TPSA) is 122 Å². The molecule has 3 unspecified atom stereocenters. The predicted molar refractivity (Wildman–Crippen MR) is 172 cm³/mol. The molecule has 0 spiro atoms. The highest BCUT2D eigenvalue weighted by Gasteiger charge is 2.41. The Morgan fingerprint density at radius 1 is 1.16 bits per heavy atom. The number of aryl methyl sites for hydroxylation is 1. The van der Waals surface area contributed by atoms with E-state index in [9.17, 15) is 27.2 Å². The van der Waals surface area contributed by atoms with E-state index in [0.717, 1.165) is 13.0 Å². The maximum Gasteiger partial charge on any atom is 0.419 e. The van der Waals surface area contributed by atoms with Gasteiger partial charge in [-0.1, -0.05) is 23.2 Å². The number of fused-ring (bicyclic) bond motifs is 3. The van der Waals surface area contributed by atoms with Crippen molar-refractivity contribution in [3.63, 3.8) is 0 Å². The van der Waals surface area contributed by atoms with E-state index < -0.39 is 40.3 Å². The third-order valence-electron chi connectivity index (χ3n) is 9.17. The molecule has 2 fully saturated rings. The van der Waals surface area contributed by atoms with Crippen molar-refractivity contribution in [2.45, 2.75) is 76.3 Å². The molecule has 3 aromatic rings. The first kappa shape index (κ1) is 35.4. The number of amides is 1. The van der Waals surface area contributed by atoms with Crippen LogP contribution in [-0.2, 0) is 37.0 Å². The largest absolute Gasteiger partial charge is 0.467 e. The molecule has 7 heterocycles. The molecule has 49 heavy (non-hydrogen) atoms. The van der Waals surface area contributed by atoms with Gasteiger partial charge in [-0.25, -0.2) is 4.39 Å². The minimum absolute atomic E-state index is 0.0114. The lowest BCUT2D eigenvalue weighted by Gasteiger charge is -2.31. The fourth-order valence-corrected chi connectivity index (χ4v) is 7.47. The first-order valence-corrected chi connectivity index (χ1v) is 16.7. The molecule has 0 bridgehead atoms. The summed E-state index contributed by atoms with van der Waals surface area (Å²) < 4.78 is 67.0. The van der Waals surface area contributed by atoms with Crippen LogP contribution in [0.25, 0.3) is 0 Å². The highest BCUT2D eigenvalue weighted by atomic mass is 35.5. The number of carbonyl (C=O) groups excluding carboxylic acids is 1. The van der Waals surface area contributed by atoms with Gasteiger partial charge in [0.05, 0.1) is 53.0 Å². The number of H-pyrrole nitrogens is 1. The molecule has 0 aliphatic carbocycles. The fourth-order valence-electron chi connectivity index (χ4n) is 6.88. The Morgan fingerprint density at radius 2 is 1.94 bits per heavy atom. The van der Waals surface area contributed by atoms with Crippen LogP contribution in [0.1, 0.15) is 70.5 Å². The molecular weight excluding hydrogens is 695 g/mol. The highest BCUT2D eigenvalue weighted by molar-refractivity contribution is 6.34. The molecule has 4 aliphatic rings. The second-order valence-corrected chi connectivity index (χ2v) is 13.4. The van der Waals surface area contributed by atoms with Crippen molar-refractivity contribution < 1.29 is 31.8 Å².